The second-order valence-electron chi connectivity index (χ2n) is 9.28. The zero-order chi connectivity index (χ0) is 26.4. The summed E-state index contributed by atoms with van der Waals surface area (Å²) >= 11 is 1.33. The van der Waals surface area contributed by atoms with Crippen molar-refractivity contribution in [1.29, 1.82) is 0 Å². The number of methoxy groups -OCH3 is 1. The Balaban J connectivity index is 1.76. The quantitative estimate of drug-likeness (QED) is 0.212. The summed E-state index contributed by atoms with van der Waals surface area (Å²) in [4.78, 5) is 35.1. The largest absolute Gasteiger partial charge is 0.507 e. The van der Waals surface area contributed by atoms with Crippen LogP contribution in [0.1, 0.15) is 28.3 Å². The predicted molar refractivity (Wildman–Crippen MR) is 148 cm³/mol. The number of aromatic nitrogens is 1. The molecule has 37 heavy (non-hydrogen) atoms. The van der Waals surface area contributed by atoms with Gasteiger partial charge in [0.1, 0.15) is 11.5 Å². The zero-order valence-corrected chi connectivity index (χ0v) is 22.1. The number of hydrogen-bond donors (Lipinski definition) is 1. The molecular formula is C29H27N3O4S. The SMILES string of the molecule is COc1c(C)cc(C)cc1/C(O)=C1\C(=O)C(=O)N(c2nc3ccccc3s2)C1c1ccc(N(C)C)cc1. The van der Waals surface area contributed by atoms with Crippen LogP contribution in [0.25, 0.3) is 16.0 Å². The standard InChI is InChI=1S/C29H27N3O4S/c1-16-14-17(2)27(36-5)20(15-16)25(33)23-24(18-10-12-19(13-11-18)31(3)4)32(28(35)26(23)34)29-30-21-8-6-7-9-22(21)37-29/h6-15,24,33H,1-5H3/b25-23+. The van der Waals surface area contributed by atoms with Crippen molar-refractivity contribution in [2.24, 2.45) is 0 Å². The molecule has 1 aliphatic heterocycles. The second-order valence-corrected chi connectivity index (χ2v) is 10.3. The van der Waals surface area contributed by atoms with E-state index in [9.17, 15) is 14.7 Å². The number of ether oxygens (including phenoxy) is 1. The van der Waals surface area contributed by atoms with Crippen LogP contribution in [0.15, 0.2) is 66.2 Å². The van der Waals surface area contributed by atoms with Gasteiger partial charge in [0.2, 0.25) is 0 Å². The van der Waals surface area contributed by atoms with E-state index in [0.29, 0.717) is 22.0 Å². The third-order valence-corrected chi connectivity index (χ3v) is 7.57. The molecule has 1 N–H and O–H groups in total. The monoisotopic (exact) mass is 513 g/mol. The Labute approximate surface area is 219 Å². The van der Waals surface area contributed by atoms with E-state index in [2.05, 4.69) is 4.98 Å². The Morgan fingerprint density at radius 3 is 2.41 bits per heavy atom. The number of nitrogens with zero attached hydrogens (tertiary/aromatic N) is 3. The van der Waals surface area contributed by atoms with E-state index in [1.54, 1.807) is 6.07 Å². The molecule has 1 atom stereocenters. The molecule has 0 spiro atoms. The van der Waals surface area contributed by atoms with Gasteiger partial charge in [-0.2, -0.15) is 0 Å². The van der Waals surface area contributed by atoms with Gasteiger partial charge in [0.05, 0.1) is 34.5 Å². The van der Waals surface area contributed by atoms with Gasteiger partial charge in [0.15, 0.2) is 5.13 Å². The summed E-state index contributed by atoms with van der Waals surface area (Å²) in [6.07, 6.45) is 0. The Morgan fingerprint density at radius 2 is 1.76 bits per heavy atom. The molecule has 1 fully saturated rings. The van der Waals surface area contributed by atoms with E-state index in [1.807, 2.05) is 87.4 Å². The number of thiazole rings is 1. The molecule has 7 nitrogen and oxygen atoms in total. The first-order valence-electron chi connectivity index (χ1n) is 11.8. The highest BCUT2D eigenvalue weighted by molar-refractivity contribution is 7.22. The van der Waals surface area contributed by atoms with Crippen LogP contribution in [0.2, 0.25) is 0 Å². The number of benzene rings is 3. The maximum absolute atomic E-state index is 13.6. The minimum atomic E-state index is -0.859. The highest BCUT2D eigenvalue weighted by Gasteiger charge is 2.48. The van der Waals surface area contributed by atoms with Crippen LogP contribution in [-0.4, -0.2) is 43.0 Å². The Kier molecular flexibility index (Phi) is 6.21. The molecule has 1 aromatic heterocycles. The second kappa shape index (κ2) is 9.37. The lowest BCUT2D eigenvalue weighted by atomic mass is 9.93. The maximum atomic E-state index is 13.6. The lowest BCUT2D eigenvalue weighted by molar-refractivity contribution is -0.132. The zero-order valence-electron chi connectivity index (χ0n) is 21.3. The number of aliphatic hydroxyl groups is 1. The molecule has 0 radical (unpaired) electrons. The average Bonchev–Trinajstić information content (AvgIpc) is 3.41. The molecule has 0 bridgehead atoms. The van der Waals surface area contributed by atoms with E-state index in [0.717, 1.165) is 27.0 Å². The van der Waals surface area contributed by atoms with Crippen LogP contribution < -0.4 is 14.5 Å². The molecule has 4 aromatic rings. The van der Waals surface area contributed by atoms with E-state index < -0.39 is 17.7 Å². The highest BCUT2D eigenvalue weighted by atomic mass is 32.1. The Morgan fingerprint density at radius 1 is 1.05 bits per heavy atom. The number of amides is 1. The summed E-state index contributed by atoms with van der Waals surface area (Å²) in [5, 5.41) is 12.0. The van der Waals surface area contributed by atoms with Crippen molar-refractivity contribution >= 4 is 49.8 Å². The normalized spacial score (nSPS) is 17.0. The van der Waals surface area contributed by atoms with Gasteiger partial charge in [0.25, 0.3) is 5.78 Å². The summed E-state index contributed by atoms with van der Waals surface area (Å²) in [5.74, 6) is -1.31. The van der Waals surface area contributed by atoms with Crippen LogP contribution in [0.3, 0.4) is 0 Å². The third kappa shape index (κ3) is 4.13. The van der Waals surface area contributed by atoms with Crippen molar-refractivity contribution in [3.05, 3.63) is 88.5 Å². The molecule has 1 unspecified atom stereocenters. The number of fused-ring (bicyclic) bond motifs is 1. The topological polar surface area (TPSA) is 83.0 Å². The van der Waals surface area contributed by atoms with Crippen LogP contribution in [0.5, 0.6) is 5.75 Å². The number of hydrogen-bond acceptors (Lipinski definition) is 7. The van der Waals surface area contributed by atoms with E-state index >= 15 is 0 Å². The van der Waals surface area contributed by atoms with Gasteiger partial charge >= 0.3 is 5.91 Å². The van der Waals surface area contributed by atoms with Gasteiger partial charge in [-0.15, -0.1) is 0 Å². The van der Waals surface area contributed by atoms with Crippen molar-refractivity contribution in [2.75, 3.05) is 31.0 Å². The van der Waals surface area contributed by atoms with Gasteiger partial charge in [0, 0.05) is 19.8 Å². The molecule has 1 saturated heterocycles. The summed E-state index contributed by atoms with van der Waals surface area (Å²) in [6.45, 7) is 3.78. The van der Waals surface area contributed by atoms with Crippen molar-refractivity contribution in [3.8, 4) is 5.75 Å². The van der Waals surface area contributed by atoms with Crippen molar-refractivity contribution in [1.82, 2.24) is 4.98 Å². The summed E-state index contributed by atoms with van der Waals surface area (Å²) < 4.78 is 6.49. The molecule has 1 aliphatic rings. The maximum Gasteiger partial charge on any atom is 0.301 e. The molecule has 5 rings (SSSR count). The fourth-order valence-corrected chi connectivity index (χ4v) is 5.80. The minimum Gasteiger partial charge on any atom is -0.507 e. The first-order chi connectivity index (χ1) is 17.7. The molecule has 188 valence electrons. The first-order valence-corrected chi connectivity index (χ1v) is 12.6. The average molecular weight is 514 g/mol. The number of rotatable bonds is 5. The van der Waals surface area contributed by atoms with Crippen LogP contribution in [0.4, 0.5) is 10.8 Å². The molecule has 2 heterocycles. The van der Waals surface area contributed by atoms with E-state index in [-0.39, 0.29) is 11.3 Å². The number of ketones is 1. The Hall–Kier alpha value is -4.17. The van der Waals surface area contributed by atoms with Crippen molar-refractivity contribution < 1.29 is 19.4 Å². The van der Waals surface area contributed by atoms with Crippen molar-refractivity contribution in [2.45, 2.75) is 19.9 Å². The van der Waals surface area contributed by atoms with Gasteiger partial charge < -0.3 is 14.7 Å². The van der Waals surface area contributed by atoms with Gasteiger partial charge in [-0.25, -0.2) is 4.98 Å². The van der Waals surface area contributed by atoms with Crippen molar-refractivity contribution in [3.63, 3.8) is 0 Å². The van der Waals surface area contributed by atoms with Crippen LogP contribution in [-0.2, 0) is 9.59 Å². The first kappa shape index (κ1) is 24.5. The van der Waals surface area contributed by atoms with Crippen LogP contribution in [0, 0.1) is 13.8 Å². The molecular weight excluding hydrogens is 486 g/mol. The Bertz CT molecular complexity index is 1540. The summed E-state index contributed by atoms with van der Waals surface area (Å²) in [5.41, 5.74) is 4.48. The number of carbonyl (C=O) groups excluding carboxylic acids is 2. The van der Waals surface area contributed by atoms with Gasteiger partial charge in [-0.3, -0.25) is 14.5 Å². The predicted octanol–water partition coefficient (Wildman–Crippen LogP) is 5.61. The highest BCUT2D eigenvalue weighted by Crippen LogP contribution is 2.45. The number of carbonyl (C=O) groups is 2. The smallest absolute Gasteiger partial charge is 0.301 e. The van der Waals surface area contributed by atoms with Gasteiger partial charge in [-0.05, 0) is 60.9 Å². The fourth-order valence-electron chi connectivity index (χ4n) is 4.81. The number of para-hydroxylation sites is 1. The summed E-state index contributed by atoms with van der Waals surface area (Å²) in [7, 11) is 5.40. The fraction of sp³-hybridized carbons (Fsp3) is 0.207. The lowest BCUT2D eigenvalue weighted by Gasteiger charge is -2.24. The number of anilines is 2. The lowest BCUT2D eigenvalue weighted by Crippen LogP contribution is -2.29. The van der Waals surface area contributed by atoms with Gasteiger partial charge in [-0.1, -0.05) is 41.7 Å². The molecule has 0 aliphatic carbocycles. The minimum absolute atomic E-state index is 0.00478. The number of aryl methyl sites for hydroxylation is 2. The number of aliphatic hydroxyl groups excluding tert-OH is 1. The van der Waals surface area contributed by atoms with E-state index in [1.165, 1.54) is 23.3 Å². The third-order valence-electron chi connectivity index (χ3n) is 6.54. The molecule has 3 aromatic carbocycles. The molecule has 0 saturated carbocycles. The number of Topliss-reactive ketones (excluding diaryl/α,β-unsaturated/α-hetero) is 1. The molecule has 1 amide bonds. The molecule has 8 heteroatoms. The van der Waals surface area contributed by atoms with Crippen LogP contribution >= 0.6 is 11.3 Å². The van der Waals surface area contributed by atoms with E-state index in [4.69, 9.17) is 4.74 Å². The summed E-state index contributed by atoms with van der Waals surface area (Å²) in [6, 6.07) is 18.0.